The first-order chi connectivity index (χ1) is 12.0. The normalized spacial score (nSPS) is 11.8. The average molecular weight is 361 g/mol. The Hall–Kier alpha value is -2.01. The molecule has 25 heavy (non-hydrogen) atoms. The van der Waals surface area contributed by atoms with Gasteiger partial charge < -0.3 is 10.1 Å². The second-order valence-corrected chi connectivity index (χ2v) is 7.07. The molecule has 1 amide bonds. The van der Waals surface area contributed by atoms with Gasteiger partial charge in [-0.25, -0.2) is 4.39 Å². The Balaban J connectivity index is 1.71. The van der Waals surface area contributed by atoms with Crippen molar-refractivity contribution in [2.24, 2.45) is 0 Å². The third kappa shape index (κ3) is 6.09. The number of aryl methyl sites for hydroxylation is 2. The lowest BCUT2D eigenvalue weighted by atomic mass is 10.1. The van der Waals surface area contributed by atoms with Crippen LogP contribution in [0.5, 0.6) is 5.75 Å². The van der Waals surface area contributed by atoms with Crippen LogP contribution in [0.3, 0.4) is 0 Å². The molecule has 2 rings (SSSR count). The number of hydrogen-bond donors (Lipinski definition) is 1. The Labute approximate surface area is 153 Å². The van der Waals surface area contributed by atoms with Crippen molar-refractivity contribution >= 4 is 17.7 Å². The minimum absolute atomic E-state index is 0.146. The van der Waals surface area contributed by atoms with Crippen molar-refractivity contribution in [3.63, 3.8) is 0 Å². The number of nitrogens with one attached hydrogen (secondary N) is 1. The van der Waals surface area contributed by atoms with Gasteiger partial charge in [-0.15, -0.1) is 0 Å². The molecule has 0 saturated heterocycles. The van der Waals surface area contributed by atoms with Gasteiger partial charge in [-0.2, -0.15) is 11.8 Å². The second-order valence-electron chi connectivity index (χ2n) is 5.96. The Morgan fingerprint density at radius 1 is 1.24 bits per heavy atom. The molecule has 3 nitrogen and oxygen atoms in total. The second kappa shape index (κ2) is 9.47. The molecule has 0 heterocycles. The molecule has 2 aromatic rings. The molecule has 0 saturated carbocycles. The zero-order chi connectivity index (χ0) is 18.2. The van der Waals surface area contributed by atoms with Gasteiger partial charge in [-0.05, 0) is 49.6 Å². The van der Waals surface area contributed by atoms with Gasteiger partial charge in [-0.3, -0.25) is 4.79 Å². The summed E-state index contributed by atoms with van der Waals surface area (Å²) in [5.74, 6) is 1.71. The average Bonchev–Trinajstić information content (AvgIpc) is 2.59. The Kier molecular flexibility index (Phi) is 7.31. The van der Waals surface area contributed by atoms with Crippen LogP contribution in [0, 0.1) is 19.7 Å². The molecule has 2 aromatic carbocycles. The highest BCUT2D eigenvalue weighted by Crippen LogP contribution is 2.20. The van der Waals surface area contributed by atoms with Crippen LogP contribution in [0.2, 0.25) is 0 Å². The zero-order valence-corrected chi connectivity index (χ0v) is 15.7. The van der Waals surface area contributed by atoms with E-state index in [1.54, 1.807) is 30.8 Å². The van der Waals surface area contributed by atoms with Crippen LogP contribution in [0.15, 0.2) is 42.5 Å². The lowest BCUT2D eigenvalue weighted by Crippen LogP contribution is -2.37. The molecule has 1 atom stereocenters. The van der Waals surface area contributed by atoms with E-state index in [0.717, 1.165) is 22.6 Å². The number of carbonyl (C=O) groups excluding carboxylic acids is 1. The quantitative estimate of drug-likeness (QED) is 0.714. The van der Waals surface area contributed by atoms with Crippen molar-refractivity contribution < 1.29 is 13.9 Å². The van der Waals surface area contributed by atoms with E-state index in [2.05, 4.69) is 5.32 Å². The maximum absolute atomic E-state index is 13.5. The molecule has 0 bridgehead atoms. The molecule has 0 radical (unpaired) electrons. The monoisotopic (exact) mass is 361 g/mol. The minimum atomic E-state index is -0.558. The van der Waals surface area contributed by atoms with Gasteiger partial charge in [0.25, 0.3) is 5.91 Å². The molecule has 0 spiro atoms. The fourth-order valence-electron chi connectivity index (χ4n) is 2.27. The summed E-state index contributed by atoms with van der Waals surface area (Å²) in [6.07, 6.45) is -0.558. The fourth-order valence-corrected chi connectivity index (χ4v) is 3.11. The first-order valence-corrected chi connectivity index (χ1v) is 9.45. The van der Waals surface area contributed by atoms with E-state index in [0.29, 0.717) is 17.9 Å². The zero-order valence-electron chi connectivity index (χ0n) is 14.8. The Morgan fingerprint density at radius 2 is 2.00 bits per heavy atom. The van der Waals surface area contributed by atoms with Gasteiger partial charge in [0.1, 0.15) is 11.6 Å². The van der Waals surface area contributed by atoms with E-state index in [9.17, 15) is 9.18 Å². The lowest BCUT2D eigenvalue weighted by molar-refractivity contribution is -0.127. The predicted molar refractivity (Wildman–Crippen MR) is 102 cm³/mol. The summed E-state index contributed by atoms with van der Waals surface area (Å²) < 4.78 is 19.3. The number of ether oxygens (including phenoxy) is 1. The van der Waals surface area contributed by atoms with Crippen molar-refractivity contribution in [1.82, 2.24) is 5.32 Å². The first kappa shape index (κ1) is 19.3. The van der Waals surface area contributed by atoms with E-state index in [4.69, 9.17) is 4.74 Å². The number of amides is 1. The van der Waals surface area contributed by atoms with Gasteiger partial charge in [0.15, 0.2) is 6.10 Å². The number of halogens is 1. The molecule has 5 heteroatoms. The number of benzene rings is 2. The number of thioether (sulfide) groups is 1. The van der Waals surface area contributed by atoms with Crippen molar-refractivity contribution in [3.05, 3.63) is 65.0 Å². The summed E-state index contributed by atoms with van der Waals surface area (Å²) in [7, 11) is 0. The van der Waals surface area contributed by atoms with Crippen LogP contribution in [-0.2, 0) is 10.5 Å². The molecule has 134 valence electrons. The highest BCUT2D eigenvalue weighted by atomic mass is 32.2. The lowest BCUT2D eigenvalue weighted by Gasteiger charge is -2.16. The minimum Gasteiger partial charge on any atom is -0.481 e. The molecular weight excluding hydrogens is 337 g/mol. The van der Waals surface area contributed by atoms with Crippen LogP contribution in [0.1, 0.15) is 23.6 Å². The van der Waals surface area contributed by atoms with Crippen molar-refractivity contribution in [3.8, 4) is 5.75 Å². The SMILES string of the molecule is Cc1ccc(C)c(OC(C)C(=O)NCCSCc2ccccc2F)c1. The number of carbonyl (C=O) groups is 1. The smallest absolute Gasteiger partial charge is 0.260 e. The maximum Gasteiger partial charge on any atom is 0.260 e. The molecule has 1 unspecified atom stereocenters. The van der Waals surface area contributed by atoms with E-state index in [1.807, 2.05) is 38.1 Å². The Morgan fingerprint density at radius 3 is 2.76 bits per heavy atom. The summed E-state index contributed by atoms with van der Waals surface area (Å²) in [4.78, 5) is 12.1. The van der Waals surface area contributed by atoms with Gasteiger partial charge in [0, 0.05) is 18.1 Å². The van der Waals surface area contributed by atoms with Crippen LogP contribution in [-0.4, -0.2) is 24.3 Å². The summed E-state index contributed by atoms with van der Waals surface area (Å²) in [5, 5.41) is 2.86. The highest BCUT2D eigenvalue weighted by Gasteiger charge is 2.15. The number of hydrogen-bond acceptors (Lipinski definition) is 3. The molecular formula is C20H24FNO2S. The maximum atomic E-state index is 13.5. The van der Waals surface area contributed by atoms with Crippen molar-refractivity contribution in [1.29, 1.82) is 0 Å². The largest absolute Gasteiger partial charge is 0.481 e. The van der Waals surface area contributed by atoms with Gasteiger partial charge in [0.05, 0.1) is 0 Å². The molecule has 0 fully saturated rings. The summed E-state index contributed by atoms with van der Waals surface area (Å²) in [6, 6.07) is 12.7. The van der Waals surface area contributed by atoms with E-state index < -0.39 is 6.10 Å². The summed E-state index contributed by atoms with van der Waals surface area (Å²) in [6.45, 7) is 6.21. The highest BCUT2D eigenvalue weighted by molar-refractivity contribution is 7.98. The molecule has 0 aliphatic rings. The van der Waals surface area contributed by atoms with Crippen LogP contribution in [0.25, 0.3) is 0 Å². The van der Waals surface area contributed by atoms with Gasteiger partial charge in [-0.1, -0.05) is 30.3 Å². The molecule has 1 N–H and O–H groups in total. The molecule has 0 aromatic heterocycles. The van der Waals surface area contributed by atoms with Crippen LogP contribution in [0.4, 0.5) is 4.39 Å². The van der Waals surface area contributed by atoms with Crippen LogP contribution >= 0.6 is 11.8 Å². The first-order valence-electron chi connectivity index (χ1n) is 8.30. The third-order valence-corrected chi connectivity index (χ3v) is 4.79. The van der Waals surface area contributed by atoms with Crippen molar-refractivity contribution in [2.75, 3.05) is 12.3 Å². The van der Waals surface area contributed by atoms with E-state index in [1.165, 1.54) is 6.07 Å². The summed E-state index contributed by atoms with van der Waals surface area (Å²) >= 11 is 1.59. The standard InChI is InChI=1S/C20H24FNO2S/c1-14-8-9-15(2)19(12-14)24-16(3)20(23)22-10-11-25-13-17-6-4-5-7-18(17)21/h4-9,12,16H,10-11,13H2,1-3H3,(H,22,23). The predicted octanol–water partition coefficient (Wildman–Crippen LogP) is 4.26. The topological polar surface area (TPSA) is 38.3 Å². The Bertz CT molecular complexity index is 721. The fraction of sp³-hybridized carbons (Fsp3) is 0.350. The summed E-state index contributed by atoms with van der Waals surface area (Å²) in [5.41, 5.74) is 2.79. The van der Waals surface area contributed by atoms with Gasteiger partial charge >= 0.3 is 0 Å². The molecule has 0 aliphatic heterocycles. The van der Waals surface area contributed by atoms with E-state index in [-0.39, 0.29) is 11.7 Å². The van der Waals surface area contributed by atoms with Gasteiger partial charge in [0.2, 0.25) is 0 Å². The van der Waals surface area contributed by atoms with E-state index >= 15 is 0 Å². The third-order valence-electron chi connectivity index (χ3n) is 3.78. The molecule has 0 aliphatic carbocycles. The van der Waals surface area contributed by atoms with Crippen LogP contribution < -0.4 is 10.1 Å². The number of rotatable bonds is 8. The van der Waals surface area contributed by atoms with Crippen molar-refractivity contribution in [2.45, 2.75) is 32.6 Å².